The van der Waals surface area contributed by atoms with E-state index in [2.05, 4.69) is 4.98 Å². The molecule has 1 aromatic heterocycles. The largest absolute Gasteiger partial charge is 0.383 e. The summed E-state index contributed by atoms with van der Waals surface area (Å²) in [7, 11) is 1.53. The van der Waals surface area contributed by atoms with E-state index >= 15 is 0 Å². The van der Waals surface area contributed by atoms with Gasteiger partial charge in [-0.1, -0.05) is 36.4 Å². The highest BCUT2D eigenvalue weighted by atomic mass is 16.5. The molecule has 1 heterocycles. The van der Waals surface area contributed by atoms with Gasteiger partial charge >= 0.3 is 0 Å². The lowest BCUT2D eigenvalue weighted by Crippen LogP contribution is -2.17. The van der Waals surface area contributed by atoms with Crippen LogP contribution in [0.3, 0.4) is 0 Å². The molecular formula is C15H16N2O2. The number of methoxy groups -OCH3 is 1. The van der Waals surface area contributed by atoms with Gasteiger partial charge in [-0.15, -0.1) is 0 Å². The van der Waals surface area contributed by atoms with Crippen LogP contribution in [-0.2, 0) is 16.0 Å². The van der Waals surface area contributed by atoms with Crippen molar-refractivity contribution in [3.63, 3.8) is 0 Å². The Hall–Kier alpha value is -2.20. The molecule has 4 heteroatoms. The lowest BCUT2D eigenvalue weighted by molar-refractivity contribution is -0.128. The summed E-state index contributed by atoms with van der Waals surface area (Å²) in [6, 6.07) is 13.0. The summed E-state index contributed by atoms with van der Waals surface area (Å²) in [5.41, 5.74) is 7.32. The number of anilines is 1. The molecule has 1 unspecified atom stereocenters. The summed E-state index contributed by atoms with van der Waals surface area (Å²) in [4.78, 5) is 16.3. The molecule has 0 spiro atoms. The van der Waals surface area contributed by atoms with Crippen LogP contribution in [0.4, 0.5) is 5.82 Å². The van der Waals surface area contributed by atoms with E-state index in [0.29, 0.717) is 5.82 Å². The van der Waals surface area contributed by atoms with Crippen LogP contribution in [0.25, 0.3) is 0 Å². The van der Waals surface area contributed by atoms with Crippen molar-refractivity contribution in [3.05, 3.63) is 59.8 Å². The maximum Gasteiger partial charge on any atom is 0.170 e. The molecule has 2 N–H and O–H groups in total. The Morgan fingerprint density at radius 2 is 2.00 bits per heavy atom. The van der Waals surface area contributed by atoms with Crippen molar-refractivity contribution in [1.29, 1.82) is 0 Å². The van der Waals surface area contributed by atoms with E-state index in [9.17, 15) is 4.79 Å². The standard InChI is InChI=1S/C15H16N2O2/c1-19-14(11-6-3-2-4-7-11)13(18)10-12-8-5-9-17-15(12)16/h2-9,14H,10H2,1H3,(H2,16,17). The number of ether oxygens (including phenoxy) is 1. The molecule has 2 aromatic rings. The van der Waals surface area contributed by atoms with Gasteiger partial charge in [0.1, 0.15) is 11.9 Å². The summed E-state index contributed by atoms with van der Waals surface area (Å²) < 4.78 is 5.30. The predicted octanol–water partition coefficient (Wildman–Crippen LogP) is 2.16. The highest BCUT2D eigenvalue weighted by Gasteiger charge is 2.20. The summed E-state index contributed by atoms with van der Waals surface area (Å²) in [5.74, 6) is 0.354. The van der Waals surface area contributed by atoms with Crippen LogP contribution < -0.4 is 5.73 Å². The number of aromatic nitrogens is 1. The van der Waals surface area contributed by atoms with Crippen LogP contribution in [-0.4, -0.2) is 17.9 Å². The van der Waals surface area contributed by atoms with Gasteiger partial charge in [-0.25, -0.2) is 4.98 Å². The Balaban J connectivity index is 2.17. The molecule has 0 saturated carbocycles. The number of nitrogens with two attached hydrogens (primary N) is 1. The van der Waals surface area contributed by atoms with Gasteiger partial charge < -0.3 is 10.5 Å². The number of carbonyl (C=O) groups excluding carboxylic acids is 1. The molecule has 0 bridgehead atoms. The SMILES string of the molecule is COC(C(=O)Cc1cccnc1N)c1ccccc1. The molecule has 4 nitrogen and oxygen atoms in total. The lowest BCUT2D eigenvalue weighted by Gasteiger charge is -2.14. The van der Waals surface area contributed by atoms with Gasteiger partial charge in [0, 0.05) is 25.3 Å². The highest BCUT2D eigenvalue weighted by Crippen LogP contribution is 2.20. The van der Waals surface area contributed by atoms with E-state index in [4.69, 9.17) is 10.5 Å². The first kappa shape index (κ1) is 13.2. The fraction of sp³-hybridized carbons (Fsp3) is 0.200. The Bertz CT molecular complexity index is 555. The zero-order chi connectivity index (χ0) is 13.7. The number of benzene rings is 1. The molecule has 0 fully saturated rings. The Kier molecular flexibility index (Phi) is 4.26. The lowest BCUT2D eigenvalue weighted by atomic mass is 10.0. The van der Waals surface area contributed by atoms with E-state index in [1.807, 2.05) is 30.3 Å². The predicted molar refractivity (Wildman–Crippen MR) is 73.6 cm³/mol. The summed E-state index contributed by atoms with van der Waals surface area (Å²) in [6.07, 6.45) is 1.25. The molecule has 1 aromatic carbocycles. The van der Waals surface area contributed by atoms with Gasteiger partial charge in [-0.2, -0.15) is 0 Å². The number of ketones is 1. The third-order valence-corrected chi connectivity index (χ3v) is 2.92. The van der Waals surface area contributed by atoms with Gasteiger partial charge in [-0.3, -0.25) is 4.79 Å². The molecule has 1 atom stereocenters. The summed E-state index contributed by atoms with van der Waals surface area (Å²) in [6.45, 7) is 0. The third kappa shape index (κ3) is 3.17. The van der Waals surface area contributed by atoms with Gasteiger partial charge in [-0.05, 0) is 11.6 Å². The maximum atomic E-state index is 12.3. The fourth-order valence-corrected chi connectivity index (χ4v) is 1.96. The van der Waals surface area contributed by atoms with Crippen molar-refractivity contribution in [2.45, 2.75) is 12.5 Å². The normalized spacial score (nSPS) is 12.1. The van der Waals surface area contributed by atoms with Crippen LogP contribution in [0.15, 0.2) is 48.7 Å². The molecule has 0 radical (unpaired) electrons. The first-order valence-electron chi connectivity index (χ1n) is 6.02. The molecule has 98 valence electrons. The Morgan fingerprint density at radius 1 is 1.26 bits per heavy atom. The molecular weight excluding hydrogens is 240 g/mol. The first-order chi connectivity index (χ1) is 9.22. The fourth-order valence-electron chi connectivity index (χ4n) is 1.96. The minimum atomic E-state index is -0.569. The van der Waals surface area contributed by atoms with Crippen molar-refractivity contribution in [3.8, 4) is 0 Å². The average molecular weight is 256 g/mol. The van der Waals surface area contributed by atoms with Crippen molar-refractivity contribution in [1.82, 2.24) is 4.98 Å². The van der Waals surface area contributed by atoms with Crippen LogP contribution in [0.1, 0.15) is 17.2 Å². The zero-order valence-corrected chi connectivity index (χ0v) is 10.7. The summed E-state index contributed by atoms with van der Waals surface area (Å²) in [5, 5.41) is 0. The van der Waals surface area contributed by atoms with Crippen LogP contribution in [0.2, 0.25) is 0 Å². The number of nitrogen functional groups attached to an aromatic ring is 1. The van der Waals surface area contributed by atoms with Crippen LogP contribution >= 0.6 is 0 Å². The van der Waals surface area contributed by atoms with E-state index in [1.54, 1.807) is 18.3 Å². The second-order valence-corrected chi connectivity index (χ2v) is 4.22. The second-order valence-electron chi connectivity index (χ2n) is 4.22. The molecule has 0 saturated heterocycles. The Labute approximate surface area is 112 Å². The average Bonchev–Trinajstić information content (AvgIpc) is 2.43. The van der Waals surface area contributed by atoms with Crippen molar-refractivity contribution >= 4 is 11.6 Å². The van der Waals surface area contributed by atoms with E-state index < -0.39 is 6.10 Å². The maximum absolute atomic E-state index is 12.3. The molecule has 19 heavy (non-hydrogen) atoms. The van der Waals surface area contributed by atoms with Gasteiger partial charge in [0.15, 0.2) is 5.78 Å². The van der Waals surface area contributed by atoms with Crippen molar-refractivity contribution in [2.75, 3.05) is 12.8 Å². The molecule has 0 aliphatic heterocycles. The molecule has 2 rings (SSSR count). The van der Waals surface area contributed by atoms with Gasteiger partial charge in [0.25, 0.3) is 0 Å². The van der Waals surface area contributed by atoms with Crippen LogP contribution in [0, 0.1) is 0 Å². The van der Waals surface area contributed by atoms with E-state index in [-0.39, 0.29) is 12.2 Å². The number of carbonyl (C=O) groups is 1. The highest BCUT2D eigenvalue weighted by molar-refractivity contribution is 5.87. The zero-order valence-electron chi connectivity index (χ0n) is 10.7. The molecule has 0 aliphatic rings. The quantitative estimate of drug-likeness (QED) is 0.890. The minimum Gasteiger partial charge on any atom is -0.383 e. The van der Waals surface area contributed by atoms with Gasteiger partial charge in [0.05, 0.1) is 0 Å². The van der Waals surface area contributed by atoms with Crippen molar-refractivity contribution < 1.29 is 9.53 Å². The number of nitrogens with zero attached hydrogens (tertiary/aromatic N) is 1. The van der Waals surface area contributed by atoms with E-state index in [1.165, 1.54) is 7.11 Å². The number of hydrogen-bond donors (Lipinski definition) is 1. The number of pyridine rings is 1. The smallest absolute Gasteiger partial charge is 0.170 e. The van der Waals surface area contributed by atoms with E-state index in [0.717, 1.165) is 11.1 Å². The first-order valence-corrected chi connectivity index (χ1v) is 6.02. The minimum absolute atomic E-state index is 0.0339. The number of hydrogen-bond acceptors (Lipinski definition) is 4. The number of Topliss-reactive ketones (excluding diaryl/α,β-unsaturated/α-hetero) is 1. The monoisotopic (exact) mass is 256 g/mol. The van der Waals surface area contributed by atoms with Crippen LogP contribution in [0.5, 0.6) is 0 Å². The molecule has 0 aliphatic carbocycles. The van der Waals surface area contributed by atoms with Gasteiger partial charge in [0.2, 0.25) is 0 Å². The van der Waals surface area contributed by atoms with Crippen molar-refractivity contribution in [2.24, 2.45) is 0 Å². The third-order valence-electron chi connectivity index (χ3n) is 2.92. The Morgan fingerprint density at radius 3 is 2.63 bits per heavy atom. The summed E-state index contributed by atoms with van der Waals surface area (Å²) >= 11 is 0. The topological polar surface area (TPSA) is 65.2 Å². The molecule has 0 amide bonds. The number of rotatable bonds is 5. The second kappa shape index (κ2) is 6.11.